The third kappa shape index (κ3) is 4.43. The van der Waals surface area contributed by atoms with E-state index in [0.29, 0.717) is 17.4 Å². The number of amides is 1. The molecule has 152 valence electrons. The molecule has 4 rings (SSSR count). The molecule has 3 heterocycles. The first-order chi connectivity index (χ1) is 13.5. The van der Waals surface area contributed by atoms with E-state index in [1.807, 2.05) is 4.90 Å². The Balaban J connectivity index is 1.43. The number of thioether (sulfide) groups is 1. The fraction of sp³-hybridized carbons (Fsp3) is 0.611. The molecule has 0 bridgehead atoms. The highest BCUT2D eigenvalue weighted by Gasteiger charge is 2.38. The van der Waals surface area contributed by atoms with Crippen LogP contribution in [0.25, 0.3) is 11.7 Å². The number of rotatable bonds is 6. The van der Waals surface area contributed by atoms with Gasteiger partial charge in [0.2, 0.25) is 5.91 Å². The molecule has 1 atom stereocenters. The van der Waals surface area contributed by atoms with E-state index in [9.17, 15) is 13.2 Å². The summed E-state index contributed by atoms with van der Waals surface area (Å²) in [6.07, 6.45) is 7.26. The third-order valence-corrected chi connectivity index (χ3v) is 7.87. The van der Waals surface area contributed by atoms with Gasteiger partial charge < -0.3 is 13.7 Å². The highest BCUT2D eigenvalue weighted by Crippen LogP contribution is 2.30. The number of carbonyl (C=O) groups excluding carboxylic acids is 1. The number of aromatic nitrogens is 2. The number of carbonyl (C=O) groups is 1. The summed E-state index contributed by atoms with van der Waals surface area (Å²) in [6, 6.07) is 3.36. The molecule has 1 aliphatic heterocycles. The topological polar surface area (TPSA) is 107 Å². The summed E-state index contributed by atoms with van der Waals surface area (Å²) in [7, 11) is -3.05. The van der Waals surface area contributed by atoms with Crippen molar-refractivity contribution in [1.29, 1.82) is 0 Å². The normalized spacial score (nSPS) is 22.4. The van der Waals surface area contributed by atoms with Gasteiger partial charge in [0.25, 0.3) is 11.1 Å². The lowest BCUT2D eigenvalue weighted by Crippen LogP contribution is -2.49. The Hall–Kier alpha value is -1.81. The van der Waals surface area contributed by atoms with Gasteiger partial charge in [-0.3, -0.25) is 4.79 Å². The summed E-state index contributed by atoms with van der Waals surface area (Å²) in [6.45, 7) is 0. The van der Waals surface area contributed by atoms with Crippen LogP contribution in [0.3, 0.4) is 0 Å². The Morgan fingerprint density at radius 2 is 2.00 bits per heavy atom. The SMILES string of the molecule is O=C(CSc1nnc(-c2ccco2)o1)N(C1CCCCC1)[C@H]1CCS(=O)(=O)C1. The second kappa shape index (κ2) is 8.28. The van der Waals surface area contributed by atoms with Crippen LogP contribution in [-0.2, 0) is 14.6 Å². The molecular weight excluding hydrogens is 402 g/mol. The highest BCUT2D eigenvalue weighted by molar-refractivity contribution is 7.99. The maximum atomic E-state index is 13.1. The molecule has 1 saturated heterocycles. The summed E-state index contributed by atoms with van der Waals surface area (Å²) in [5, 5.41) is 8.18. The molecule has 2 aromatic rings. The summed E-state index contributed by atoms with van der Waals surface area (Å²) < 4.78 is 34.7. The van der Waals surface area contributed by atoms with Gasteiger partial charge in [0.1, 0.15) is 0 Å². The Morgan fingerprint density at radius 1 is 1.18 bits per heavy atom. The van der Waals surface area contributed by atoms with E-state index in [1.54, 1.807) is 12.1 Å². The maximum absolute atomic E-state index is 13.1. The molecule has 1 amide bonds. The van der Waals surface area contributed by atoms with Gasteiger partial charge in [0.05, 0.1) is 23.5 Å². The van der Waals surface area contributed by atoms with Crippen molar-refractivity contribution in [2.75, 3.05) is 17.3 Å². The number of nitrogens with zero attached hydrogens (tertiary/aromatic N) is 3. The van der Waals surface area contributed by atoms with Crippen molar-refractivity contribution in [3.63, 3.8) is 0 Å². The van der Waals surface area contributed by atoms with Crippen LogP contribution in [0.5, 0.6) is 0 Å². The van der Waals surface area contributed by atoms with E-state index in [2.05, 4.69) is 10.2 Å². The minimum absolute atomic E-state index is 0.0586. The smallest absolute Gasteiger partial charge is 0.284 e. The van der Waals surface area contributed by atoms with E-state index in [4.69, 9.17) is 8.83 Å². The zero-order valence-electron chi connectivity index (χ0n) is 15.5. The Labute approximate surface area is 168 Å². The summed E-state index contributed by atoms with van der Waals surface area (Å²) in [5.74, 6) is 1.07. The lowest BCUT2D eigenvalue weighted by molar-refractivity contribution is -0.133. The monoisotopic (exact) mass is 425 g/mol. The Morgan fingerprint density at radius 3 is 2.68 bits per heavy atom. The molecule has 0 spiro atoms. The molecule has 0 N–H and O–H groups in total. The van der Waals surface area contributed by atoms with Crippen molar-refractivity contribution in [3.05, 3.63) is 18.4 Å². The lowest BCUT2D eigenvalue weighted by Gasteiger charge is -2.38. The first-order valence-corrected chi connectivity index (χ1v) is 12.3. The van der Waals surface area contributed by atoms with Crippen LogP contribution in [0.2, 0.25) is 0 Å². The molecule has 0 unspecified atom stereocenters. The number of furan rings is 1. The maximum Gasteiger partial charge on any atom is 0.284 e. The first-order valence-electron chi connectivity index (χ1n) is 9.53. The molecule has 1 aliphatic carbocycles. The van der Waals surface area contributed by atoms with Crippen LogP contribution in [-0.4, -0.2) is 58.8 Å². The molecule has 2 aliphatic rings. The summed E-state index contributed by atoms with van der Waals surface area (Å²) in [5.41, 5.74) is 0. The highest BCUT2D eigenvalue weighted by atomic mass is 32.2. The van der Waals surface area contributed by atoms with E-state index < -0.39 is 9.84 Å². The van der Waals surface area contributed by atoms with Crippen molar-refractivity contribution in [2.45, 2.75) is 55.8 Å². The molecular formula is C18H23N3O5S2. The second-order valence-electron chi connectivity index (χ2n) is 7.29. The van der Waals surface area contributed by atoms with Gasteiger partial charge >= 0.3 is 0 Å². The number of sulfone groups is 1. The van der Waals surface area contributed by atoms with Crippen LogP contribution in [0, 0.1) is 0 Å². The Bertz CT molecular complexity index is 904. The fourth-order valence-corrected chi connectivity index (χ4v) is 6.37. The Kier molecular flexibility index (Phi) is 5.77. The van der Waals surface area contributed by atoms with Crippen LogP contribution in [0.4, 0.5) is 0 Å². The predicted molar refractivity (Wildman–Crippen MR) is 104 cm³/mol. The van der Waals surface area contributed by atoms with Crippen LogP contribution < -0.4 is 0 Å². The van der Waals surface area contributed by atoms with Crippen LogP contribution in [0.1, 0.15) is 38.5 Å². The van der Waals surface area contributed by atoms with E-state index in [1.165, 1.54) is 24.4 Å². The standard InChI is InChI=1S/C18H23N3O5S2/c22-16(11-27-18-20-19-17(26-18)15-7-4-9-25-15)21(13-5-2-1-3-6-13)14-8-10-28(23,24)12-14/h4,7,9,13-14H,1-3,5-6,8,10-12H2/t14-/m0/s1. The van der Waals surface area contributed by atoms with Gasteiger partial charge in [0, 0.05) is 12.1 Å². The fourth-order valence-electron chi connectivity index (χ4n) is 4.03. The molecule has 0 aromatic carbocycles. The van der Waals surface area contributed by atoms with Gasteiger partial charge in [-0.1, -0.05) is 31.0 Å². The molecule has 0 radical (unpaired) electrons. The zero-order chi connectivity index (χ0) is 19.6. The van der Waals surface area contributed by atoms with Crippen LogP contribution in [0.15, 0.2) is 32.5 Å². The zero-order valence-corrected chi connectivity index (χ0v) is 17.1. The number of hydrogen-bond acceptors (Lipinski definition) is 8. The third-order valence-electron chi connectivity index (χ3n) is 5.32. The van der Waals surface area contributed by atoms with E-state index >= 15 is 0 Å². The lowest BCUT2D eigenvalue weighted by atomic mass is 9.93. The predicted octanol–water partition coefficient (Wildman–Crippen LogP) is 2.77. The van der Waals surface area contributed by atoms with Crippen LogP contribution >= 0.6 is 11.8 Å². The minimum atomic E-state index is -3.05. The van der Waals surface area contributed by atoms with Crippen molar-refractivity contribution >= 4 is 27.5 Å². The van der Waals surface area contributed by atoms with Gasteiger partial charge in [-0.05, 0) is 31.4 Å². The average Bonchev–Trinajstić information content (AvgIpc) is 3.42. The van der Waals surface area contributed by atoms with Gasteiger partial charge in [-0.2, -0.15) is 0 Å². The van der Waals surface area contributed by atoms with E-state index in [0.717, 1.165) is 25.7 Å². The summed E-state index contributed by atoms with van der Waals surface area (Å²) >= 11 is 1.18. The first kappa shape index (κ1) is 19.5. The van der Waals surface area contributed by atoms with Crippen molar-refractivity contribution in [1.82, 2.24) is 15.1 Å². The van der Waals surface area contributed by atoms with Gasteiger partial charge in [-0.15, -0.1) is 10.2 Å². The van der Waals surface area contributed by atoms with Crippen molar-refractivity contribution < 1.29 is 22.0 Å². The molecule has 28 heavy (non-hydrogen) atoms. The molecule has 2 fully saturated rings. The molecule has 10 heteroatoms. The van der Waals surface area contributed by atoms with Crippen molar-refractivity contribution in [3.8, 4) is 11.7 Å². The number of hydrogen-bond donors (Lipinski definition) is 0. The quantitative estimate of drug-likeness (QED) is 0.650. The van der Waals surface area contributed by atoms with Crippen molar-refractivity contribution in [2.24, 2.45) is 0 Å². The van der Waals surface area contributed by atoms with E-state index in [-0.39, 0.29) is 41.1 Å². The molecule has 8 nitrogen and oxygen atoms in total. The van der Waals surface area contributed by atoms with Gasteiger partial charge in [-0.25, -0.2) is 8.42 Å². The van der Waals surface area contributed by atoms with Gasteiger partial charge in [0.15, 0.2) is 15.6 Å². The summed E-state index contributed by atoms with van der Waals surface area (Å²) in [4.78, 5) is 14.9. The second-order valence-corrected chi connectivity index (χ2v) is 10.4. The average molecular weight is 426 g/mol. The largest absolute Gasteiger partial charge is 0.459 e. The minimum Gasteiger partial charge on any atom is -0.459 e. The molecule has 2 aromatic heterocycles. The molecule has 1 saturated carbocycles.